The van der Waals surface area contributed by atoms with Gasteiger partial charge in [-0.25, -0.2) is 13.6 Å². The quantitative estimate of drug-likeness (QED) is 0.789. The van der Waals surface area contributed by atoms with Crippen LogP contribution in [0.1, 0.15) is 16.1 Å². The van der Waals surface area contributed by atoms with Crippen LogP contribution in [0.2, 0.25) is 0 Å². The normalized spacial score (nSPS) is 11.5. The van der Waals surface area contributed by atoms with E-state index in [-0.39, 0.29) is 16.3 Å². The molecule has 0 aliphatic heterocycles. The van der Waals surface area contributed by atoms with Gasteiger partial charge in [0, 0.05) is 13.2 Å². The van der Waals surface area contributed by atoms with Gasteiger partial charge in [0.05, 0.1) is 6.20 Å². The number of hydrogen-bond donors (Lipinski definition) is 2. The summed E-state index contributed by atoms with van der Waals surface area (Å²) in [6.45, 7) is 1.56. The summed E-state index contributed by atoms with van der Waals surface area (Å²) in [7, 11) is -2.47. The number of primary sulfonamides is 1. The van der Waals surface area contributed by atoms with Gasteiger partial charge in [0.2, 0.25) is 10.0 Å². The highest BCUT2D eigenvalue weighted by Gasteiger charge is 2.22. The van der Waals surface area contributed by atoms with E-state index in [0.29, 0.717) is 5.76 Å². The molecule has 0 radical (unpaired) electrons. The van der Waals surface area contributed by atoms with Crippen LogP contribution in [0.25, 0.3) is 0 Å². The standard InChI is InChI=1S/C9H11N5O4S/c1-5-6(3-11-18-5)9(15)12-8-7(19(10,16)17)4-14(2)13-8/h3-4H,1-2H3,(H2,10,16,17)(H,12,13,15). The van der Waals surface area contributed by atoms with Gasteiger partial charge in [-0.2, -0.15) is 5.10 Å². The monoisotopic (exact) mass is 285 g/mol. The van der Waals surface area contributed by atoms with Crippen molar-refractivity contribution in [3.8, 4) is 0 Å². The van der Waals surface area contributed by atoms with E-state index in [1.54, 1.807) is 6.92 Å². The fraction of sp³-hybridized carbons (Fsp3) is 0.222. The molecule has 0 saturated carbocycles. The highest BCUT2D eigenvalue weighted by molar-refractivity contribution is 7.89. The lowest BCUT2D eigenvalue weighted by molar-refractivity contribution is 0.102. The molecule has 1 amide bonds. The van der Waals surface area contributed by atoms with E-state index in [1.165, 1.54) is 24.1 Å². The molecular weight excluding hydrogens is 274 g/mol. The number of aryl methyl sites for hydroxylation is 2. The van der Waals surface area contributed by atoms with Crippen LogP contribution in [0, 0.1) is 6.92 Å². The van der Waals surface area contributed by atoms with Crippen LogP contribution in [-0.4, -0.2) is 29.3 Å². The van der Waals surface area contributed by atoms with Crippen molar-refractivity contribution in [3.05, 3.63) is 23.7 Å². The SMILES string of the molecule is Cc1oncc1C(=O)Nc1nn(C)cc1S(N)(=O)=O. The predicted octanol–water partition coefficient (Wildman–Crippen LogP) is -0.384. The van der Waals surface area contributed by atoms with Crippen LogP contribution >= 0.6 is 0 Å². The summed E-state index contributed by atoms with van der Waals surface area (Å²) in [6, 6.07) is 0. The van der Waals surface area contributed by atoms with Crippen LogP contribution < -0.4 is 10.5 Å². The minimum atomic E-state index is -3.97. The third-order valence-corrected chi connectivity index (χ3v) is 3.24. The molecule has 2 heterocycles. The van der Waals surface area contributed by atoms with Crippen molar-refractivity contribution in [1.29, 1.82) is 0 Å². The second-order valence-electron chi connectivity index (χ2n) is 3.81. The minimum absolute atomic E-state index is 0.143. The number of anilines is 1. The van der Waals surface area contributed by atoms with Crippen molar-refractivity contribution in [1.82, 2.24) is 14.9 Å². The third-order valence-electron chi connectivity index (χ3n) is 2.33. The van der Waals surface area contributed by atoms with Crippen molar-refractivity contribution >= 4 is 21.7 Å². The van der Waals surface area contributed by atoms with Crippen molar-refractivity contribution in [2.24, 2.45) is 12.2 Å². The van der Waals surface area contributed by atoms with Crippen LogP contribution in [0.5, 0.6) is 0 Å². The minimum Gasteiger partial charge on any atom is -0.361 e. The molecule has 102 valence electrons. The summed E-state index contributed by atoms with van der Waals surface area (Å²) in [5, 5.41) is 14.7. The van der Waals surface area contributed by atoms with Crippen LogP contribution in [0.3, 0.4) is 0 Å². The van der Waals surface area contributed by atoms with Gasteiger partial charge in [-0.3, -0.25) is 9.48 Å². The largest absolute Gasteiger partial charge is 0.361 e. The van der Waals surface area contributed by atoms with Gasteiger partial charge >= 0.3 is 0 Å². The first kappa shape index (κ1) is 13.2. The molecule has 2 aromatic rings. The number of hydrogen-bond acceptors (Lipinski definition) is 6. The van der Waals surface area contributed by atoms with Gasteiger partial charge in [-0.15, -0.1) is 0 Å². The Morgan fingerprint density at radius 3 is 2.74 bits per heavy atom. The molecule has 0 aliphatic rings. The van der Waals surface area contributed by atoms with Crippen molar-refractivity contribution in [2.45, 2.75) is 11.8 Å². The summed E-state index contributed by atoms with van der Waals surface area (Å²) >= 11 is 0. The lowest BCUT2D eigenvalue weighted by Crippen LogP contribution is -2.18. The summed E-state index contributed by atoms with van der Waals surface area (Å²) in [5.74, 6) is -0.413. The predicted molar refractivity (Wildman–Crippen MR) is 63.8 cm³/mol. The Kier molecular flexibility index (Phi) is 3.12. The molecule has 0 bridgehead atoms. The number of sulfonamides is 1. The number of aromatic nitrogens is 3. The van der Waals surface area contributed by atoms with Crippen LogP contribution in [-0.2, 0) is 17.1 Å². The zero-order valence-corrected chi connectivity index (χ0v) is 10.9. The Morgan fingerprint density at radius 2 is 2.21 bits per heavy atom. The highest BCUT2D eigenvalue weighted by Crippen LogP contribution is 2.18. The molecule has 10 heteroatoms. The molecule has 2 aromatic heterocycles. The topological polar surface area (TPSA) is 133 Å². The maximum Gasteiger partial charge on any atom is 0.262 e. The number of rotatable bonds is 3. The summed E-state index contributed by atoms with van der Waals surface area (Å²) < 4.78 is 28.7. The number of nitrogens with two attached hydrogens (primary N) is 1. The summed E-state index contributed by atoms with van der Waals surface area (Å²) in [4.78, 5) is 11.6. The van der Waals surface area contributed by atoms with E-state index in [4.69, 9.17) is 9.66 Å². The van der Waals surface area contributed by atoms with Crippen LogP contribution in [0.4, 0.5) is 5.82 Å². The number of carbonyl (C=O) groups excluding carboxylic acids is 1. The zero-order chi connectivity index (χ0) is 14.2. The first-order valence-electron chi connectivity index (χ1n) is 5.08. The molecule has 19 heavy (non-hydrogen) atoms. The van der Waals surface area contributed by atoms with E-state index in [1.807, 2.05) is 0 Å². The molecule has 0 aromatic carbocycles. The molecule has 0 saturated heterocycles. The molecule has 0 spiro atoms. The average molecular weight is 285 g/mol. The first-order chi connectivity index (χ1) is 8.79. The van der Waals surface area contributed by atoms with E-state index < -0.39 is 15.9 Å². The lowest BCUT2D eigenvalue weighted by atomic mass is 10.2. The van der Waals surface area contributed by atoms with E-state index in [2.05, 4.69) is 15.6 Å². The summed E-state index contributed by atoms with van der Waals surface area (Å²) in [5.41, 5.74) is 0.186. The number of nitrogens with one attached hydrogen (secondary N) is 1. The van der Waals surface area contributed by atoms with Gasteiger partial charge in [-0.05, 0) is 6.92 Å². The molecule has 3 N–H and O–H groups in total. The maximum atomic E-state index is 11.9. The van der Waals surface area contributed by atoms with E-state index in [0.717, 1.165) is 0 Å². The lowest BCUT2D eigenvalue weighted by Gasteiger charge is -2.02. The second kappa shape index (κ2) is 4.48. The van der Waals surface area contributed by atoms with E-state index >= 15 is 0 Å². The number of nitrogens with zero attached hydrogens (tertiary/aromatic N) is 3. The Balaban J connectivity index is 2.35. The Hall–Kier alpha value is -2.20. The smallest absolute Gasteiger partial charge is 0.262 e. The Morgan fingerprint density at radius 1 is 1.53 bits per heavy atom. The summed E-state index contributed by atoms with van der Waals surface area (Å²) in [6.07, 6.45) is 2.43. The molecule has 0 unspecified atom stereocenters. The molecular formula is C9H11N5O4S. The molecule has 0 atom stereocenters. The van der Waals surface area contributed by atoms with Gasteiger partial charge in [0.1, 0.15) is 16.2 Å². The molecule has 9 nitrogen and oxygen atoms in total. The zero-order valence-electron chi connectivity index (χ0n) is 10.1. The Labute approximate surface area is 108 Å². The fourth-order valence-electron chi connectivity index (χ4n) is 1.45. The van der Waals surface area contributed by atoms with Gasteiger partial charge in [0.25, 0.3) is 5.91 Å². The van der Waals surface area contributed by atoms with E-state index in [9.17, 15) is 13.2 Å². The van der Waals surface area contributed by atoms with Gasteiger partial charge < -0.3 is 9.84 Å². The third kappa shape index (κ3) is 2.63. The second-order valence-corrected chi connectivity index (χ2v) is 5.34. The molecule has 2 rings (SSSR count). The average Bonchev–Trinajstić information content (AvgIpc) is 2.84. The fourth-order valence-corrected chi connectivity index (χ4v) is 2.11. The van der Waals surface area contributed by atoms with Gasteiger partial charge in [0.15, 0.2) is 5.82 Å². The first-order valence-corrected chi connectivity index (χ1v) is 6.62. The van der Waals surface area contributed by atoms with Crippen molar-refractivity contribution in [3.63, 3.8) is 0 Å². The van der Waals surface area contributed by atoms with Crippen molar-refractivity contribution in [2.75, 3.05) is 5.32 Å². The van der Waals surface area contributed by atoms with Crippen LogP contribution in [0.15, 0.2) is 21.8 Å². The maximum absolute atomic E-state index is 11.9. The molecule has 0 fully saturated rings. The highest BCUT2D eigenvalue weighted by atomic mass is 32.2. The number of amides is 1. The molecule has 0 aliphatic carbocycles. The number of carbonyl (C=O) groups is 1. The Bertz CT molecular complexity index is 730. The van der Waals surface area contributed by atoms with Crippen molar-refractivity contribution < 1.29 is 17.7 Å². The van der Waals surface area contributed by atoms with Gasteiger partial charge in [-0.1, -0.05) is 5.16 Å².